The van der Waals surface area contributed by atoms with Gasteiger partial charge in [0.15, 0.2) is 0 Å². The lowest BCUT2D eigenvalue weighted by Gasteiger charge is -1.96. The van der Waals surface area contributed by atoms with Crippen LogP contribution in [0.5, 0.6) is 5.75 Å². The van der Waals surface area contributed by atoms with Gasteiger partial charge in [-0.25, -0.2) is 10.2 Å². The van der Waals surface area contributed by atoms with Gasteiger partial charge in [0.2, 0.25) is 0 Å². The predicted octanol–water partition coefficient (Wildman–Crippen LogP) is 0.655. The number of phenols is 1. The van der Waals surface area contributed by atoms with Crippen molar-refractivity contribution >= 4 is 12.2 Å². The lowest BCUT2D eigenvalue weighted by atomic mass is 10.2. The summed E-state index contributed by atoms with van der Waals surface area (Å²) in [4.78, 5) is 10.7. The van der Waals surface area contributed by atoms with Crippen LogP contribution >= 0.6 is 0 Å². The fourth-order valence-electron chi connectivity index (χ4n) is 0.782. The van der Waals surface area contributed by atoms with E-state index in [0.29, 0.717) is 0 Å². The Bertz CT molecular complexity index is 332. The minimum absolute atomic E-state index is 0.196. The van der Waals surface area contributed by atoms with Gasteiger partial charge in [-0.1, -0.05) is 0 Å². The molecule has 0 atom stereocenters. The average Bonchev–Trinajstić information content (AvgIpc) is 2.21. The van der Waals surface area contributed by atoms with Crippen molar-refractivity contribution in [3.05, 3.63) is 29.8 Å². The number of carbonyl (C=O) groups excluding carboxylic acids is 1. The van der Waals surface area contributed by atoms with Gasteiger partial charge in [-0.05, 0) is 29.8 Å². The molecule has 1 aromatic carbocycles. The SMILES string of the molecule is CNC(=O)N/N=C/c1ccc(O)cc1. The molecule has 0 aliphatic rings. The van der Waals surface area contributed by atoms with Crippen LogP contribution in [0.2, 0.25) is 0 Å². The van der Waals surface area contributed by atoms with Crippen LogP contribution in [0, 0.1) is 0 Å². The zero-order chi connectivity index (χ0) is 10.4. The van der Waals surface area contributed by atoms with E-state index >= 15 is 0 Å². The Balaban J connectivity index is 2.52. The molecule has 74 valence electrons. The second-order valence-corrected chi connectivity index (χ2v) is 2.54. The molecule has 5 nitrogen and oxygen atoms in total. The van der Waals surface area contributed by atoms with Gasteiger partial charge in [0, 0.05) is 7.05 Å². The Morgan fingerprint density at radius 1 is 1.43 bits per heavy atom. The summed E-state index contributed by atoms with van der Waals surface area (Å²) in [5.74, 6) is 0.196. The van der Waals surface area contributed by atoms with Crippen LogP contribution in [0.25, 0.3) is 0 Å². The summed E-state index contributed by atoms with van der Waals surface area (Å²) in [5, 5.41) is 15.0. The van der Waals surface area contributed by atoms with Gasteiger partial charge in [-0.3, -0.25) is 0 Å². The lowest BCUT2D eigenvalue weighted by Crippen LogP contribution is -2.28. The highest BCUT2D eigenvalue weighted by Gasteiger charge is 1.91. The minimum Gasteiger partial charge on any atom is -0.508 e. The molecular weight excluding hydrogens is 182 g/mol. The van der Waals surface area contributed by atoms with E-state index < -0.39 is 0 Å². The van der Waals surface area contributed by atoms with Crippen molar-refractivity contribution in [2.45, 2.75) is 0 Å². The standard InChI is InChI=1S/C9H11N3O2/c1-10-9(14)12-11-6-7-2-4-8(13)5-3-7/h2-6,13H,1H3,(H2,10,12,14)/b11-6+. The third kappa shape index (κ3) is 3.14. The molecule has 2 amide bonds. The van der Waals surface area contributed by atoms with E-state index in [0.717, 1.165) is 5.56 Å². The zero-order valence-corrected chi connectivity index (χ0v) is 7.69. The van der Waals surface area contributed by atoms with Crippen LogP contribution in [0.4, 0.5) is 4.79 Å². The fraction of sp³-hybridized carbons (Fsp3) is 0.111. The van der Waals surface area contributed by atoms with Gasteiger partial charge >= 0.3 is 6.03 Å². The molecule has 0 aliphatic heterocycles. The summed E-state index contributed by atoms with van der Waals surface area (Å²) < 4.78 is 0. The van der Waals surface area contributed by atoms with E-state index in [1.165, 1.54) is 13.3 Å². The molecule has 0 spiro atoms. The molecule has 14 heavy (non-hydrogen) atoms. The molecule has 0 radical (unpaired) electrons. The van der Waals surface area contributed by atoms with Crippen molar-refractivity contribution in [3.8, 4) is 5.75 Å². The number of benzene rings is 1. The van der Waals surface area contributed by atoms with Crippen molar-refractivity contribution in [2.24, 2.45) is 5.10 Å². The highest BCUT2D eigenvalue weighted by Crippen LogP contribution is 2.07. The Labute approximate surface area is 81.4 Å². The predicted molar refractivity (Wildman–Crippen MR) is 53.3 cm³/mol. The smallest absolute Gasteiger partial charge is 0.334 e. The molecule has 0 fully saturated rings. The van der Waals surface area contributed by atoms with Gasteiger partial charge in [0.1, 0.15) is 5.75 Å². The third-order valence-electron chi connectivity index (χ3n) is 1.50. The Hall–Kier alpha value is -2.04. The number of rotatable bonds is 2. The molecular formula is C9H11N3O2. The number of phenolic OH excluding ortho intramolecular Hbond substituents is 1. The molecule has 1 aromatic rings. The third-order valence-corrected chi connectivity index (χ3v) is 1.50. The molecule has 0 saturated heterocycles. The number of hydrogen-bond acceptors (Lipinski definition) is 3. The van der Waals surface area contributed by atoms with Crippen LogP contribution in [0.1, 0.15) is 5.56 Å². The van der Waals surface area contributed by atoms with Crippen LogP contribution in [-0.2, 0) is 0 Å². The van der Waals surface area contributed by atoms with Crippen LogP contribution in [0.15, 0.2) is 29.4 Å². The largest absolute Gasteiger partial charge is 0.508 e. The fourth-order valence-corrected chi connectivity index (χ4v) is 0.782. The van der Waals surface area contributed by atoms with Crippen LogP contribution in [-0.4, -0.2) is 24.4 Å². The summed E-state index contributed by atoms with van der Waals surface area (Å²) in [6.07, 6.45) is 1.48. The molecule has 0 unspecified atom stereocenters. The highest BCUT2D eigenvalue weighted by molar-refractivity contribution is 5.81. The van der Waals surface area contributed by atoms with Crippen molar-refractivity contribution < 1.29 is 9.90 Å². The minimum atomic E-state index is -0.375. The highest BCUT2D eigenvalue weighted by atomic mass is 16.3. The summed E-state index contributed by atoms with van der Waals surface area (Å²) in [6, 6.07) is 6.08. The molecule has 0 bridgehead atoms. The Morgan fingerprint density at radius 2 is 2.07 bits per heavy atom. The number of hydrogen-bond donors (Lipinski definition) is 3. The Kier molecular flexibility index (Phi) is 3.49. The van der Waals surface area contributed by atoms with Gasteiger partial charge < -0.3 is 10.4 Å². The van der Waals surface area contributed by atoms with Crippen molar-refractivity contribution in [1.29, 1.82) is 0 Å². The summed E-state index contributed by atoms with van der Waals surface area (Å²) in [5.41, 5.74) is 3.04. The van der Waals surface area contributed by atoms with E-state index in [1.54, 1.807) is 24.3 Å². The van der Waals surface area contributed by atoms with Crippen LogP contribution in [0.3, 0.4) is 0 Å². The summed E-state index contributed by atoms with van der Waals surface area (Å²) in [6.45, 7) is 0. The van der Waals surface area contributed by atoms with Gasteiger partial charge in [0.05, 0.1) is 6.21 Å². The number of carbonyl (C=O) groups is 1. The van der Waals surface area contributed by atoms with E-state index in [4.69, 9.17) is 5.11 Å². The molecule has 0 heterocycles. The van der Waals surface area contributed by atoms with Crippen LogP contribution < -0.4 is 10.7 Å². The maximum absolute atomic E-state index is 10.7. The number of urea groups is 1. The van der Waals surface area contributed by atoms with E-state index in [1.807, 2.05) is 0 Å². The second-order valence-electron chi connectivity index (χ2n) is 2.54. The average molecular weight is 193 g/mol. The molecule has 0 saturated carbocycles. The normalized spacial score (nSPS) is 10.1. The summed E-state index contributed by atoms with van der Waals surface area (Å²) >= 11 is 0. The zero-order valence-electron chi connectivity index (χ0n) is 7.69. The van der Waals surface area contributed by atoms with Gasteiger partial charge in [-0.2, -0.15) is 5.10 Å². The first kappa shape index (κ1) is 10.0. The number of hydrazone groups is 1. The van der Waals surface area contributed by atoms with E-state index in [2.05, 4.69) is 15.8 Å². The van der Waals surface area contributed by atoms with Gasteiger partial charge in [0.25, 0.3) is 0 Å². The molecule has 0 aliphatic carbocycles. The first-order chi connectivity index (χ1) is 6.72. The van der Waals surface area contributed by atoms with Gasteiger partial charge in [-0.15, -0.1) is 0 Å². The van der Waals surface area contributed by atoms with Crippen molar-refractivity contribution in [2.75, 3.05) is 7.05 Å². The number of nitrogens with one attached hydrogen (secondary N) is 2. The molecule has 1 rings (SSSR count). The molecule has 0 aromatic heterocycles. The number of amides is 2. The first-order valence-electron chi connectivity index (χ1n) is 4.02. The second kappa shape index (κ2) is 4.86. The van der Waals surface area contributed by atoms with E-state index in [-0.39, 0.29) is 11.8 Å². The van der Waals surface area contributed by atoms with Crippen molar-refractivity contribution in [1.82, 2.24) is 10.7 Å². The number of nitrogens with zero attached hydrogens (tertiary/aromatic N) is 1. The first-order valence-corrected chi connectivity index (χ1v) is 4.02. The quantitative estimate of drug-likeness (QED) is 0.476. The topological polar surface area (TPSA) is 73.7 Å². The summed E-state index contributed by atoms with van der Waals surface area (Å²) in [7, 11) is 1.51. The molecule has 5 heteroatoms. The van der Waals surface area contributed by atoms with Crippen molar-refractivity contribution in [3.63, 3.8) is 0 Å². The Morgan fingerprint density at radius 3 is 2.64 bits per heavy atom. The monoisotopic (exact) mass is 193 g/mol. The maximum Gasteiger partial charge on any atom is 0.334 e. The lowest BCUT2D eigenvalue weighted by molar-refractivity contribution is 0.243. The maximum atomic E-state index is 10.7. The molecule has 3 N–H and O–H groups in total. The number of aromatic hydroxyl groups is 1. The van der Waals surface area contributed by atoms with E-state index in [9.17, 15) is 4.79 Å².